The molecule has 146 valence electrons. The smallest absolute Gasteiger partial charge is 0.211 e. The van der Waals surface area contributed by atoms with Crippen molar-refractivity contribution in [3.8, 4) is 0 Å². The van der Waals surface area contributed by atoms with Gasteiger partial charge in [0.05, 0.1) is 5.75 Å². The van der Waals surface area contributed by atoms with Crippen LogP contribution >= 0.6 is 0 Å². The van der Waals surface area contributed by atoms with Crippen molar-refractivity contribution in [3.05, 3.63) is 35.9 Å². The summed E-state index contributed by atoms with van der Waals surface area (Å²) in [5.41, 5.74) is 1.57. The first kappa shape index (κ1) is 20.7. The van der Waals surface area contributed by atoms with Gasteiger partial charge in [0.1, 0.15) is 0 Å². The van der Waals surface area contributed by atoms with Crippen molar-refractivity contribution < 1.29 is 8.42 Å². The Bertz CT molecular complexity index is 668. The first-order valence-corrected chi connectivity index (χ1v) is 11.1. The SMILES string of the molecule is CCS(=O)(=O)NCCCNC(=NC)NCC1(c2ccccc2)CCCC1. The first-order chi connectivity index (χ1) is 12.5. The van der Waals surface area contributed by atoms with E-state index in [2.05, 4.69) is 50.7 Å². The molecule has 0 spiro atoms. The van der Waals surface area contributed by atoms with Gasteiger partial charge in [-0.05, 0) is 31.7 Å². The summed E-state index contributed by atoms with van der Waals surface area (Å²) < 4.78 is 25.4. The summed E-state index contributed by atoms with van der Waals surface area (Å²) in [6.07, 6.45) is 5.63. The van der Waals surface area contributed by atoms with Gasteiger partial charge in [0.25, 0.3) is 0 Å². The molecule has 2 rings (SSSR count). The highest BCUT2D eigenvalue weighted by Gasteiger charge is 2.35. The Hall–Kier alpha value is -1.60. The molecule has 0 aliphatic heterocycles. The lowest BCUT2D eigenvalue weighted by Gasteiger charge is -2.30. The quantitative estimate of drug-likeness (QED) is 0.348. The van der Waals surface area contributed by atoms with Crippen molar-refractivity contribution in [1.82, 2.24) is 15.4 Å². The minimum atomic E-state index is -3.11. The largest absolute Gasteiger partial charge is 0.356 e. The molecule has 1 fully saturated rings. The second-order valence-electron chi connectivity index (χ2n) is 6.86. The molecule has 0 bridgehead atoms. The summed E-state index contributed by atoms with van der Waals surface area (Å²) in [6, 6.07) is 10.7. The number of hydrogen-bond acceptors (Lipinski definition) is 3. The maximum absolute atomic E-state index is 11.4. The molecule has 1 aliphatic carbocycles. The van der Waals surface area contributed by atoms with E-state index in [0.29, 0.717) is 19.5 Å². The lowest BCUT2D eigenvalue weighted by molar-refractivity contribution is 0.431. The minimum Gasteiger partial charge on any atom is -0.356 e. The van der Waals surface area contributed by atoms with E-state index in [4.69, 9.17) is 0 Å². The zero-order valence-corrected chi connectivity index (χ0v) is 16.7. The molecule has 1 aromatic rings. The molecule has 0 atom stereocenters. The van der Waals surface area contributed by atoms with Crippen molar-refractivity contribution in [2.75, 3.05) is 32.4 Å². The van der Waals surface area contributed by atoms with E-state index < -0.39 is 10.0 Å². The minimum absolute atomic E-state index is 0.116. The molecule has 26 heavy (non-hydrogen) atoms. The standard InChI is InChI=1S/C19H32N4O2S/c1-3-26(24,25)23-15-9-14-21-18(20-2)22-16-19(12-7-8-13-19)17-10-5-4-6-11-17/h4-6,10-11,23H,3,7-9,12-16H2,1-2H3,(H2,20,21,22). The van der Waals surface area contributed by atoms with Gasteiger partial charge in [-0.15, -0.1) is 0 Å². The summed E-state index contributed by atoms with van der Waals surface area (Å²) in [4.78, 5) is 4.29. The Morgan fingerprint density at radius 1 is 1.12 bits per heavy atom. The van der Waals surface area contributed by atoms with E-state index in [-0.39, 0.29) is 11.2 Å². The third kappa shape index (κ3) is 5.99. The van der Waals surface area contributed by atoms with Gasteiger partial charge in [-0.3, -0.25) is 4.99 Å². The van der Waals surface area contributed by atoms with Crippen molar-refractivity contribution in [1.29, 1.82) is 0 Å². The summed E-state index contributed by atoms with van der Waals surface area (Å²) in [7, 11) is -1.35. The molecule has 0 heterocycles. The van der Waals surface area contributed by atoms with E-state index in [0.717, 1.165) is 12.5 Å². The van der Waals surface area contributed by atoms with Crippen LogP contribution in [0.5, 0.6) is 0 Å². The van der Waals surface area contributed by atoms with Crippen LogP contribution in [0, 0.1) is 0 Å². The molecular weight excluding hydrogens is 348 g/mol. The molecule has 0 amide bonds. The maximum atomic E-state index is 11.4. The Morgan fingerprint density at radius 2 is 1.81 bits per heavy atom. The number of guanidine groups is 1. The van der Waals surface area contributed by atoms with Crippen LogP contribution in [-0.4, -0.2) is 46.8 Å². The third-order valence-electron chi connectivity index (χ3n) is 5.11. The highest BCUT2D eigenvalue weighted by Crippen LogP contribution is 2.40. The van der Waals surface area contributed by atoms with Gasteiger partial charge >= 0.3 is 0 Å². The second kappa shape index (κ2) is 9.92. The predicted octanol–water partition coefficient (Wildman–Crippen LogP) is 1.99. The van der Waals surface area contributed by atoms with Crippen LogP contribution in [0.25, 0.3) is 0 Å². The Morgan fingerprint density at radius 3 is 2.42 bits per heavy atom. The normalized spacial score (nSPS) is 17.2. The molecule has 3 N–H and O–H groups in total. The van der Waals surface area contributed by atoms with Crippen LogP contribution in [0.4, 0.5) is 0 Å². The fourth-order valence-corrected chi connectivity index (χ4v) is 4.17. The average Bonchev–Trinajstić information content (AvgIpc) is 3.15. The molecule has 1 aliphatic rings. The van der Waals surface area contributed by atoms with E-state index in [9.17, 15) is 8.42 Å². The van der Waals surface area contributed by atoms with Gasteiger partial charge < -0.3 is 10.6 Å². The third-order valence-corrected chi connectivity index (χ3v) is 6.52. The van der Waals surface area contributed by atoms with Crippen LogP contribution in [0.15, 0.2) is 35.3 Å². The zero-order chi connectivity index (χ0) is 18.9. The van der Waals surface area contributed by atoms with Gasteiger partial charge in [0.2, 0.25) is 10.0 Å². The monoisotopic (exact) mass is 380 g/mol. The molecular formula is C19H32N4O2S. The first-order valence-electron chi connectivity index (χ1n) is 9.49. The summed E-state index contributed by atoms with van der Waals surface area (Å²) >= 11 is 0. The van der Waals surface area contributed by atoms with Crippen LogP contribution in [-0.2, 0) is 15.4 Å². The van der Waals surface area contributed by atoms with Crippen LogP contribution < -0.4 is 15.4 Å². The second-order valence-corrected chi connectivity index (χ2v) is 8.95. The number of nitrogens with zero attached hydrogens (tertiary/aromatic N) is 1. The summed E-state index contributed by atoms with van der Waals surface area (Å²) in [5.74, 6) is 0.885. The fraction of sp³-hybridized carbons (Fsp3) is 0.632. The molecule has 7 heteroatoms. The van der Waals surface area contributed by atoms with Gasteiger partial charge in [-0.2, -0.15) is 0 Å². The molecule has 0 unspecified atom stereocenters. The number of rotatable bonds is 9. The molecule has 1 saturated carbocycles. The fourth-order valence-electron chi connectivity index (χ4n) is 3.51. The van der Waals surface area contributed by atoms with Crippen LogP contribution in [0.2, 0.25) is 0 Å². The van der Waals surface area contributed by atoms with Gasteiger partial charge in [-0.25, -0.2) is 13.1 Å². The number of aliphatic imine (C=N–C) groups is 1. The number of sulfonamides is 1. The maximum Gasteiger partial charge on any atom is 0.211 e. The van der Waals surface area contributed by atoms with Crippen molar-refractivity contribution in [2.24, 2.45) is 4.99 Å². The average molecular weight is 381 g/mol. The Labute approximate surface area is 157 Å². The molecule has 6 nitrogen and oxygen atoms in total. The molecule has 0 radical (unpaired) electrons. The highest BCUT2D eigenvalue weighted by molar-refractivity contribution is 7.89. The molecule has 1 aromatic carbocycles. The van der Waals surface area contributed by atoms with Gasteiger partial charge in [0, 0.05) is 32.1 Å². The lowest BCUT2D eigenvalue weighted by Crippen LogP contribution is -2.45. The van der Waals surface area contributed by atoms with Crippen molar-refractivity contribution in [2.45, 2.75) is 44.4 Å². The van der Waals surface area contributed by atoms with E-state index in [1.165, 1.54) is 31.2 Å². The molecule has 0 saturated heterocycles. The number of hydrogen-bond donors (Lipinski definition) is 3. The van der Waals surface area contributed by atoms with E-state index in [1.807, 2.05) is 0 Å². The predicted molar refractivity (Wildman–Crippen MR) is 108 cm³/mol. The highest BCUT2D eigenvalue weighted by atomic mass is 32.2. The topological polar surface area (TPSA) is 82.6 Å². The van der Waals surface area contributed by atoms with Gasteiger partial charge in [0.15, 0.2) is 5.96 Å². The lowest BCUT2D eigenvalue weighted by atomic mass is 9.79. The molecule has 0 aromatic heterocycles. The number of benzene rings is 1. The van der Waals surface area contributed by atoms with E-state index >= 15 is 0 Å². The van der Waals surface area contributed by atoms with Crippen LogP contribution in [0.1, 0.15) is 44.6 Å². The van der Waals surface area contributed by atoms with Gasteiger partial charge in [-0.1, -0.05) is 43.2 Å². The van der Waals surface area contributed by atoms with Crippen LogP contribution in [0.3, 0.4) is 0 Å². The number of nitrogens with one attached hydrogen (secondary N) is 3. The van der Waals surface area contributed by atoms with Crippen molar-refractivity contribution >= 4 is 16.0 Å². The van der Waals surface area contributed by atoms with E-state index in [1.54, 1.807) is 14.0 Å². The zero-order valence-electron chi connectivity index (χ0n) is 15.9. The Balaban J connectivity index is 1.80. The summed E-state index contributed by atoms with van der Waals surface area (Å²) in [6.45, 7) is 3.61. The Kier molecular flexibility index (Phi) is 7.90. The van der Waals surface area contributed by atoms with Crippen molar-refractivity contribution in [3.63, 3.8) is 0 Å². The summed E-state index contributed by atoms with van der Waals surface area (Å²) in [5, 5.41) is 6.74.